The Labute approximate surface area is 127 Å². The van der Waals surface area contributed by atoms with E-state index in [4.69, 9.17) is 0 Å². The van der Waals surface area contributed by atoms with E-state index in [1.165, 1.54) is 10.7 Å². The largest absolute Gasteiger partial charge is 0.451 e. The first-order valence-corrected chi connectivity index (χ1v) is 6.95. The number of aryl methyl sites for hydroxylation is 1. The molecule has 114 valence electrons. The van der Waals surface area contributed by atoms with E-state index >= 15 is 0 Å². The number of halogens is 4. The standard InChI is InChI=1S/C12H13BrF3N5/c1-4-17-8-5-9(19-11(18-8)12(14,15)16)21-7(3)10(13)6(2)20-21/h5H,4H2,1-3H3,(H,17,18,19). The summed E-state index contributed by atoms with van der Waals surface area (Å²) >= 11 is 3.34. The monoisotopic (exact) mass is 363 g/mol. The highest BCUT2D eigenvalue weighted by atomic mass is 79.9. The van der Waals surface area contributed by atoms with Crippen molar-refractivity contribution >= 4 is 21.7 Å². The highest BCUT2D eigenvalue weighted by molar-refractivity contribution is 9.10. The maximum absolute atomic E-state index is 12.9. The molecular weight excluding hydrogens is 351 g/mol. The zero-order chi connectivity index (χ0) is 15.8. The number of aromatic nitrogens is 4. The second-order valence-electron chi connectivity index (χ2n) is 4.36. The van der Waals surface area contributed by atoms with Crippen LogP contribution >= 0.6 is 15.9 Å². The number of anilines is 1. The summed E-state index contributed by atoms with van der Waals surface area (Å²) in [6.45, 7) is 5.72. The van der Waals surface area contributed by atoms with Crippen LogP contribution in [0, 0.1) is 13.8 Å². The average molecular weight is 364 g/mol. The van der Waals surface area contributed by atoms with Gasteiger partial charge in [0.2, 0.25) is 5.82 Å². The summed E-state index contributed by atoms with van der Waals surface area (Å²) < 4.78 is 40.8. The summed E-state index contributed by atoms with van der Waals surface area (Å²) in [7, 11) is 0. The first kappa shape index (κ1) is 15.7. The van der Waals surface area contributed by atoms with Gasteiger partial charge < -0.3 is 5.32 Å². The first-order valence-electron chi connectivity index (χ1n) is 6.16. The van der Waals surface area contributed by atoms with Crippen LogP contribution in [0.5, 0.6) is 0 Å². The third kappa shape index (κ3) is 3.17. The quantitative estimate of drug-likeness (QED) is 0.906. The molecular formula is C12H13BrF3N5. The van der Waals surface area contributed by atoms with Crippen molar-refractivity contribution in [3.05, 3.63) is 27.8 Å². The van der Waals surface area contributed by atoms with Gasteiger partial charge in [-0.1, -0.05) is 0 Å². The number of hydrogen-bond acceptors (Lipinski definition) is 4. The Bertz CT molecular complexity index is 666. The summed E-state index contributed by atoms with van der Waals surface area (Å²) in [6.07, 6.45) is -4.62. The Morgan fingerprint density at radius 1 is 1.29 bits per heavy atom. The van der Waals surface area contributed by atoms with E-state index in [1.807, 2.05) is 0 Å². The topological polar surface area (TPSA) is 55.6 Å². The Morgan fingerprint density at radius 2 is 1.95 bits per heavy atom. The van der Waals surface area contributed by atoms with Gasteiger partial charge in [-0.2, -0.15) is 18.3 Å². The highest BCUT2D eigenvalue weighted by Gasteiger charge is 2.35. The summed E-state index contributed by atoms with van der Waals surface area (Å²) in [4.78, 5) is 7.05. The average Bonchev–Trinajstić information content (AvgIpc) is 2.66. The van der Waals surface area contributed by atoms with E-state index < -0.39 is 12.0 Å². The van der Waals surface area contributed by atoms with Gasteiger partial charge in [-0.25, -0.2) is 14.6 Å². The molecule has 2 rings (SSSR count). The van der Waals surface area contributed by atoms with Crippen LogP contribution in [0.25, 0.3) is 5.82 Å². The van der Waals surface area contributed by atoms with Crippen LogP contribution < -0.4 is 5.32 Å². The van der Waals surface area contributed by atoms with Crippen LogP contribution in [0.3, 0.4) is 0 Å². The molecule has 0 unspecified atom stereocenters. The molecule has 0 atom stereocenters. The molecule has 0 bridgehead atoms. The molecule has 1 N–H and O–H groups in total. The highest BCUT2D eigenvalue weighted by Crippen LogP contribution is 2.29. The lowest BCUT2D eigenvalue weighted by atomic mass is 10.4. The van der Waals surface area contributed by atoms with Crippen molar-refractivity contribution in [2.45, 2.75) is 26.9 Å². The van der Waals surface area contributed by atoms with Gasteiger partial charge in [-0.05, 0) is 36.7 Å². The molecule has 0 spiro atoms. The molecule has 9 heteroatoms. The lowest BCUT2D eigenvalue weighted by molar-refractivity contribution is -0.144. The second kappa shape index (κ2) is 5.63. The van der Waals surface area contributed by atoms with Gasteiger partial charge in [0.05, 0.1) is 15.9 Å². The summed E-state index contributed by atoms with van der Waals surface area (Å²) in [5.74, 6) is -1.02. The molecule has 0 aliphatic heterocycles. The minimum Gasteiger partial charge on any atom is -0.370 e. The van der Waals surface area contributed by atoms with Crippen LogP contribution in [0.15, 0.2) is 10.5 Å². The van der Waals surface area contributed by atoms with Crippen molar-refractivity contribution in [2.24, 2.45) is 0 Å². The minimum absolute atomic E-state index is 0.0691. The second-order valence-corrected chi connectivity index (χ2v) is 5.15. The normalized spacial score (nSPS) is 11.8. The van der Waals surface area contributed by atoms with Gasteiger partial charge in [0.15, 0.2) is 5.82 Å². The molecule has 0 saturated carbocycles. The van der Waals surface area contributed by atoms with E-state index in [0.29, 0.717) is 17.9 Å². The molecule has 5 nitrogen and oxygen atoms in total. The lowest BCUT2D eigenvalue weighted by Crippen LogP contribution is -2.16. The molecule has 0 aliphatic carbocycles. The molecule has 0 fully saturated rings. The number of rotatable bonds is 3. The molecule has 2 heterocycles. The van der Waals surface area contributed by atoms with Crippen LogP contribution in [0.1, 0.15) is 24.1 Å². The van der Waals surface area contributed by atoms with E-state index in [2.05, 4.69) is 36.3 Å². The van der Waals surface area contributed by atoms with E-state index in [-0.39, 0.29) is 11.6 Å². The Balaban J connectivity index is 2.62. The molecule has 21 heavy (non-hydrogen) atoms. The third-order valence-electron chi connectivity index (χ3n) is 2.74. The maximum Gasteiger partial charge on any atom is 0.451 e. The fourth-order valence-corrected chi connectivity index (χ4v) is 2.04. The van der Waals surface area contributed by atoms with Crippen molar-refractivity contribution in [3.63, 3.8) is 0 Å². The van der Waals surface area contributed by atoms with Gasteiger partial charge in [0.1, 0.15) is 5.82 Å². The maximum atomic E-state index is 12.9. The van der Waals surface area contributed by atoms with E-state index in [0.717, 1.165) is 4.47 Å². The third-order valence-corrected chi connectivity index (χ3v) is 3.89. The van der Waals surface area contributed by atoms with Crippen molar-refractivity contribution < 1.29 is 13.2 Å². The van der Waals surface area contributed by atoms with Crippen LogP contribution in [-0.2, 0) is 6.18 Å². The Kier molecular flexibility index (Phi) is 4.22. The zero-order valence-electron chi connectivity index (χ0n) is 11.6. The van der Waals surface area contributed by atoms with Crippen molar-refractivity contribution in [1.82, 2.24) is 19.7 Å². The SMILES string of the molecule is CCNc1cc(-n2nc(C)c(Br)c2C)nc(C(F)(F)F)n1. The Morgan fingerprint density at radius 3 is 2.43 bits per heavy atom. The van der Waals surface area contributed by atoms with Crippen molar-refractivity contribution in [1.29, 1.82) is 0 Å². The van der Waals surface area contributed by atoms with Gasteiger partial charge in [0, 0.05) is 12.6 Å². The minimum atomic E-state index is -4.62. The predicted octanol–water partition coefficient (Wildman–Crippen LogP) is 3.49. The fraction of sp³-hybridized carbons (Fsp3) is 0.417. The molecule has 0 aliphatic rings. The number of nitrogens with one attached hydrogen (secondary N) is 1. The van der Waals surface area contributed by atoms with Crippen LogP contribution in [0.4, 0.5) is 19.0 Å². The van der Waals surface area contributed by atoms with Gasteiger partial charge in [0.25, 0.3) is 0 Å². The smallest absolute Gasteiger partial charge is 0.370 e. The number of hydrogen-bond donors (Lipinski definition) is 1. The molecule has 0 aromatic carbocycles. The van der Waals surface area contributed by atoms with Crippen LogP contribution in [0.2, 0.25) is 0 Å². The molecule has 0 amide bonds. The molecule has 0 radical (unpaired) electrons. The van der Waals surface area contributed by atoms with Gasteiger partial charge in [-0.3, -0.25) is 0 Å². The summed E-state index contributed by atoms with van der Waals surface area (Å²) in [6, 6.07) is 1.44. The molecule has 0 saturated heterocycles. The van der Waals surface area contributed by atoms with Gasteiger partial charge in [-0.15, -0.1) is 0 Å². The van der Waals surface area contributed by atoms with Crippen molar-refractivity contribution in [2.75, 3.05) is 11.9 Å². The van der Waals surface area contributed by atoms with E-state index in [9.17, 15) is 13.2 Å². The predicted molar refractivity (Wildman–Crippen MR) is 75.5 cm³/mol. The fourth-order valence-electron chi connectivity index (χ4n) is 1.79. The molecule has 2 aromatic heterocycles. The van der Waals surface area contributed by atoms with Crippen LogP contribution in [-0.4, -0.2) is 26.3 Å². The van der Waals surface area contributed by atoms with E-state index in [1.54, 1.807) is 20.8 Å². The summed E-state index contributed by atoms with van der Waals surface area (Å²) in [5.41, 5.74) is 1.34. The zero-order valence-corrected chi connectivity index (χ0v) is 13.2. The molecule has 2 aromatic rings. The summed E-state index contributed by atoms with van der Waals surface area (Å²) in [5, 5.41) is 6.96. The lowest BCUT2D eigenvalue weighted by Gasteiger charge is -2.11. The van der Waals surface area contributed by atoms with Crippen molar-refractivity contribution in [3.8, 4) is 5.82 Å². The number of nitrogens with zero attached hydrogens (tertiary/aromatic N) is 4. The Hall–Kier alpha value is -1.64. The number of alkyl halides is 3. The van der Waals surface area contributed by atoms with Gasteiger partial charge >= 0.3 is 6.18 Å². The first-order chi connectivity index (χ1) is 9.74.